The minimum atomic E-state index is 0. The number of aryl methyl sites for hydroxylation is 1. The van der Waals surface area contributed by atoms with E-state index < -0.39 is 0 Å². The smallest absolute Gasteiger partial charge is 0.0527 e. The highest BCUT2D eigenvalue weighted by atomic mass is 35.5. The van der Waals surface area contributed by atoms with Gasteiger partial charge in [-0.15, -0.1) is 24.2 Å². The molecule has 2 heterocycles. The zero-order chi connectivity index (χ0) is 17.1. The van der Waals surface area contributed by atoms with Crippen LogP contribution in [0, 0.1) is 6.92 Å². The summed E-state index contributed by atoms with van der Waals surface area (Å²) in [6.45, 7) is 4.54. The maximum atomic E-state index is 4.66. The van der Waals surface area contributed by atoms with Gasteiger partial charge in [-0.1, -0.05) is 30.3 Å². The Balaban J connectivity index is 0.00000196. The van der Waals surface area contributed by atoms with E-state index in [4.69, 9.17) is 0 Å². The molecule has 1 fully saturated rings. The topological polar surface area (TPSA) is 16.1 Å². The first-order valence-electron chi connectivity index (χ1n) is 9.12. The highest BCUT2D eigenvalue weighted by molar-refractivity contribution is 7.98. The number of nitrogens with zero attached hydrogens (tertiary/aromatic N) is 2. The van der Waals surface area contributed by atoms with Crippen molar-refractivity contribution >= 4 is 40.6 Å². The van der Waals surface area contributed by atoms with Gasteiger partial charge >= 0.3 is 0 Å². The summed E-state index contributed by atoms with van der Waals surface area (Å²) in [6.07, 6.45) is 6.03. The predicted molar refractivity (Wildman–Crippen MR) is 116 cm³/mol. The van der Waals surface area contributed by atoms with Crippen LogP contribution >= 0.6 is 24.2 Å². The lowest BCUT2D eigenvalue weighted by molar-refractivity contribution is 0.576. The molecule has 0 unspecified atom stereocenters. The first kappa shape index (κ1) is 19.1. The number of hydrogen-bond donors (Lipinski definition) is 0. The molecule has 2 nitrogen and oxygen atoms in total. The molecule has 26 heavy (non-hydrogen) atoms. The van der Waals surface area contributed by atoms with Gasteiger partial charge < -0.3 is 4.90 Å². The number of thioether (sulfide) groups is 1. The summed E-state index contributed by atoms with van der Waals surface area (Å²) in [5.41, 5.74) is 3.84. The summed E-state index contributed by atoms with van der Waals surface area (Å²) in [7, 11) is 0. The number of piperidine rings is 1. The van der Waals surface area contributed by atoms with Crippen molar-refractivity contribution in [2.45, 2.75) is 36.8 Å². The van der Waals surface area contributed by atoms with E-state index in [0.29, 0.717) is 0 Å². The van der Waals surface area contributed by atoms with Gasteiger partial charge in [0, 0.05) is 35.6 Å². The second-order valence-electron chi connectivity index (χ2n) is 6.81. The molecule has 0 saturated carbocycles. The average molecular weight is 385 g/mol. The van der Waals surface area contributed by atoms with Gasteiger partial charge in [0.1, 0.15) is 0 Å². The van der Waals surface area contributed by atoms with Crippen molar-refractivity contribution in [2.24, 2.45) is 0 Å². The number of hydrogen-bond acceptors (Lipinski definition) is 3. The van der Waals surface area contributed by atoms with Crippen molar-refractivity contribution < 1.29 is 0 Å². The SMILES string of the molecule is Cc1cnc(CSc2ccc3ccccc3c2)cc1N1CCCCC1.Cl. The number of rotatable bonds is 4. The summed E-state index contributed by atoms with van der Waals surface area (Å²) in [5.74, 6) is 0.916. The maximum Gasteiger partial charge on any atom is 0.0527 e. The Morgan fingerprint density at radius 3 is 2.54 bits per heavy atom. The monoisotopic (exact) mass is 384 g/mol. The van der Waals surface area contributed by atoms with Crippen molar-refractivity contribution in [3.63, 3.8) is 0 Å². The molecule has 0 atom stereocenters. The Labute approximate surface area is 166 Å². The zero-order valence-corrected chi connectivity index (χ0v) is 16.8. The van der Waals surface area contributed by atoms with E-state index in [1.165, 1.54) is 65.0 Å². The van der Waals surface area contributed by atoms with Gasteiger partial charge in [-0.2, -0.15) is 0 Å². The number of benzene rings is 2. The van der Waals surface area contributed by atoms with E-state index in [9.17, 15) is 0 Å². The van der Waals surface area contributed by atoms with Crippen LogP contribution in [0.5, 0.6) is 0 Å². The minimum Gasteiger partial charge on any atom is -0.371 e. The zero-order valence-electron chi connectivity index (χ0n) is 15.1. The molecule has 0 bridgehead atoms. The van der Waals surface area contributed by atoms with Gasteiger partial charge in [-0.3, -0.25) is 4.98 Å². The Bertz CT molecular complexity index is 875. The van der Waals surface area contributed by atoms with Gasteiger partial charge in [-0.05, 0) is 60.7 Å². The van der Waals surface area contributed by atoms with Gasteiger partial charge in [0.2, 0.25) is 0 Å². The predicted octanol–water partition coefficient (Wildman–Crippen LogP) is 6.25. The third-order valence-electron chi connectivity index (χ3n) is 4.94. The van der Waals surface area contributed by atoms with E-state index >= 15 is 0 Å². The van der Waals surface area contributed by atoms with Gasteiger partial charge in [0.05, 0.1) is 5.69 Å². The highest BCUT2D eigenvalue weighted by Gasteiger charge is 2.14. The third-order valence-corrected chi connectivity index (χ3v) is 5.96. The third kappa shape index (κ3) is 4.33. The van der Waals surface area contributed by atoms with E-state index in [-0.39, 0.29) is 12.4 Å². The lowest BCUT2D eigenvalue weighted by atomic mass is 10.1. The van der Waals surface area contributed by atoms with Crippen LogP contribution in [-0.2, 0) is 5.75 Å². The van der Waals surface area contributed by atoms with Crippen LogP contribution in [0.2, 0.25) is 0 Å². The molecule has 4 rings (SSSR count). The van der Waals surface area contributed by atoms with Crippen LogP contribution < -0.4 is 4.90 Å². The number of fused-ring (bicyclic) bond motifs is 1. The van der Waals surface area contributed by atoms with Gasteiger partial charge in [0.25, 0.3) is 0 Å². The molecule has 4 heteroatoms. The van der Waals surface area contributed by atoms with Crippen molar-refractivity contribution in [1.82, 2.24) is 4.98 Å². The molecule has 3 aromatic rings. The van der Waals surface area contributed by atoms with Gasteiger partial charge in [0.15, 0.2) is 0 Å². The number of halogens is 1. The number of pyridine rings is 1. The Morgan fingerprint density at radius 2 is 1.73 bits per heavy atom. The average Bonchev–Trinajstić information content (AvgIpc) is 2.68. The largest absolute Gasteiger partial charge is 0.371 e. The summed E-state index contributed by atoms with van der Waals surface area (Å²) in [5, 5.41) is 2.60. The summed E-state index contributed by atoms with van der Waals surface area (Å²) < 4.78 is 0. The summed E-state index contributed by atoms with van der Waals surface area (Å²) >= 11 is 1.87. The van der Waals surface area contributed by atoms with Crippen molar-refractivity contribution in [3.05, 3.63) is 66.0 Å². The fourth-order valence-corrected chi connectivity index (χ4v) is 4.37. The number of anilines is 1. The molecule has 1 aromatic heterocycles. The lowest BCUT2D eigenvalue weighted by Gasteiger charge is -2.30. The van der Waals surface area contributed by atoms with Crippen LogP contribution in [0.1, 0.15) is 30.5 Å². The molecule has 0 spiro atoms. The second kappa shape index (κ2) is 8.79. The first-order valence-corrected chi connectivity index (χ1v) is 10.1. The highest BCUT2D eigenvalue weighted by Crippen LogP contribution is 2.29. The standard InChI is InChI=1S/C22H24N2S.ClH/c1-17-15-23-20(14-22(17)24-11-5-2-6-12-24)16-25-21-10-9-18-7-3-4-8-19(18)13-21;/h3-4,7-10,13-15H,2,5-6,11-12,16H2,1H3;1H. The molecule has 0 N–H and O–H groups in total. The van der Waals surface area contributed by atoms with Crippen molar-refractivity contribution in [3.8, 4) is 0 Å². The molecular formula is C22H25ClN2S. The minimum absolute atomic E-state index is 0. The molecular weight excluding hydrogens is 360 g/mol. The molecule has 2 aromatic carbocycles. The quantitative estimate of drug-likeness (QED) is 0.494. The molecule has 136 valence electrons. The summed E-state index contributed by atoms with van der Waals surface area (Å²) in [4.78, 5) is 8.50. The fraction of sp³-hybridized carbons (Fsp3) is 0.318. The lowest BCUT2D eigenvalue weighted by Crippen LogP contribution is -2.30. The molecule has 0 aliphatic carbocycles. The van der Waals surface area contributed by atoms with Crippen LogP contribution in [0.3, 0.4) is 0 Å². The van der Waals surface area contributed by atoms with Crippen molar-refractivity contribution in [1.29, 1.82) is 0 Å². The van der Waals surface area contributed by atoms with Crippen LogP contribution in [0.25, 0.3) is 10.8 Å². The van der Waals surface area contributed by atoms with E-state index in [2.05, 4.69) is 65.3 Å². The first-order chi connectivity index (χ1) is 12.3. The molecule has 1 saturated heterocycles. The Morgan fingerprint density at radius 1 is 0.962 bits per heavy atom. The van der Waals surface area contributed by atoms with Crippen LogP contribution in [-0.4, -0.2) is 18.1 Å². The fourth-order valence-electron chi connectivity index (χ4n) is 3.52. The molecule has 0 amide bonds. The Kier molecular flexibility index (Phi) is 6.44. The number of aromatic nitrogens is 1. The maximum absolute atomic E-state index is 4.66. The Hall–Kier alpha value is -1.71. The van der Waals surface area contributed by atoms with Crippen molar-refractivity contribution in [2.75, 3.05) is 18.0 Å². The second-order valence-corrected chi connectivity index (χ2v) is 7.86. The normalized spacial score (nSPS) is 14.3. The molecule has 0 radical (unpaired) electrons. The van der Waals surface area contributed by atoms with E-state index in [0.717, 1.165) is 5.75 Å². The molecule has 1 aliphatic heterocycles. The van der Waals surface area contributed by atoms with E-state index in [1.54, 1.807) is 0 Å². The van der Waals surface area contributed by atoms with E-state index in [1.807, 2.05) is 18.0 Å². The van der Waals surface area contributed by atoms with Crippen LogP contribution in [0.15, 0.2) is 59.6 Å². The summed E-state index contributed by atoms with van der Waals surface area (Å²) in [6, 6.07) is 17.5. The van der Waals surface area contributed by atoms with Gasteiger partial charge in [-0.25, -0.2) is 0 Å². The van der Waals surface area contributed by atoms with Crippen LogP contribution in [0.4, 0.5) is 5.69 Å². The molecule has 1 aliphatic rings.